The van der Waals surface area contributed by atoms with Crippen molar-refractivity contribution in [1.82, 2.24) is 0 Å². The Balaban J connectivity index is 0.000000260. The van der Waals surface area contributed by atoms with Crippen molar-refractivity contribution in [3.63, 3.8) is 0 Å². The van der Waals surface area contributed by atoms with E-state index in [1.807, 2.05) is 48.5 Å². The molecule has 0 radical (unpaired) electrons. The molecule has 2 aromatic carbocycles. The first-order valence-corrected chi connectivity index (χ1v) is 9.80. The van der Waals surface area contributed by atoms with Gasteiger partial charge in [-0.15, -0.1) is 0 Å². The second-order valence-corrected chi connectivity index (χ2v) is 8.04. The van der Waals surface area contributed by atoms with Gasteiger partial charge in [-0.05, 0) is 93.4 Å². The summed E-state index contributed by atoms with van der Waals surface area (Å²) in [5, 5.41) is 17.1. The van der Waals surface area contributed by atoms with Crippen LogP contribution in [0.3, 0.4) is 0 Å². The first-order valence-electron chi connectivity index (χ1n) is 7.64. The zero-order chi connectivity index (χ0) is 19.7. The van der Waals surface area contributed by atoms with E-state index < -0.39 is 24.0 Å². The van der Waals surface area contributed by atoms with Gasteiger partial charge >= 0.3 is 11.9 Å². The van der Waals surface area contributed by atoms with Crippen LogP contribution in [-0.2, 0) is 22.4 Å². The molecule has 2 aromatic rings. The van der Waals surface area contributed by atoms with Gasteiger partial charge in [0.2, 0.25) is 0 Å². The molecule has 0 saturated carbocycles. The Morgan fingerprint density at radius 1 is 0.731 bits per heavy atom. The lowest BCUT2D eigenvalue weighted by atomic mass is 10.1. The van der Waals surface area contributed by atoms with Crippen LogP contribution in [0.1, 0.15) is 11.1 Å². The molecule has 140 valence electrons. The van der Waals surface area contributed by atoms with Crippen molar-refractivity contribution < 1.29 is 19.8 Å². The monoisotopic (exact) mass is 582 g/mol. The van der Waals surface area contributed by atoms with Crippen LogP contribution in [0.25, 0.3) is 0 Å². The van der Waals surface area contributed by atoms with E-state index in [0.717, 1.165) is 18.3 Å². The lowest BCUT2D eigenvalue weighted by molar-refractivity contribution is -0.139. The van der Waals surface area contributed by atoms with Crippen LogP contribution in [0.5, 0.6) is 0 Å². The summed E-state index contributed by atoms with van der Waals surface area (Å²) in [6.45, 7) is 0. The molecule has 6 N–H and O–H groups in total. The lowest BCUT2D eigenvalue weighted by Gasteiger charge is -2.05. The number of nitrogens with two attached hydrogens (primary N) is 2. The molecule has 0 aliphatic carbocycles. The molecule has 0 spiro atoms. The highest BCUT2D eigenvalue weighted by atomic mass is 127. The molecule has 0 saturated heterocycles. The van der Waals surface area contributed by atoms with E-state index in [2.05, 4.69) is 45.2 Å². The number of hydrogen-bond donors (Lipinski definition) is 4. The van der Waals surface area contributed by atoms with Gasteiger partial charge < -0.3 is 21.7 Å². The second kappa shape index (κ2) is 11.5. The summed E-state index contributed by atoms with van der Waals surface area (Å²) >= 11 is 4.39. The van der Waals surface area contributed by atoms with Gasteiger partial charge in [0.25, 0.3) is 0 Å². The Labute approximate surface area is 179 Å². The van der Waals surface area contributed by atoms with Crippen molar-refractivity contribution in [1.29, 1.82) is 0 Å². The maximum Gasteiger partial charge on any atom is 0.320 e. The zero-order valence-corrected chi connectivity index (χ0v) is 18.1. The minimum absolute atomic E-state index is 0.381. The standard InChI is InChI=1S/2C9H10INO2/c2*10-7-3-1-6(2-4-7)5-8(11)9(12)13/h2*1-4,8H,5,11H2,(H,12,13)/t2*8-/m11/s1. The van der Waals surface area contributed by atoms with Crippen LogP contribution in [-0.4, -0.2) is 34.2 Å². The second-order valence-electron chi connectivity index (χ2n) is 5.55. The molecule has 0 heterocycles. The first-order chi connectivity index (χ1) is 12.2. The average molecular weight is 582 g/mol. The Bertz CT molecular complexity index is 657. The molecule has 0 unspecified atom stereocenters. The van der Waals surface area contributed by atoms with E-state index in [1.165, 1.54) is 0 Å². The molecule has 2 atom stereocenters. The molecule has 26 heavy (non-hydrogen) atoms. The number of rotatable bonds is 6. The number of carboxylic acid groups (broad SMARTS) is 2. The van der Waals surface area contributed by atoms with E-state index >= 15 is 0 Å². The van der Waals surface area contributed by atoms with Crippen molar-refractivity contribution in [2.45, 2.75) is 24.9 Å². The van der Waals surface area contributed by atoms with E-state index in [-0.39, 0.29) is 0 Å². The van der Waals surface area contributed by atoms with Crippen molar-refractivity contribution in [2.75, 3.05) is 0 Å². The maximum atomic E-state index is 10.4. The normalized spacial score (nSPS) is 12.5. The van der Waals surface area contributed by atoms with Crippen LogP contribution in [0.4, 0.5) is 0 Å². The smallest absolute Gasteiger partial charge is 0.320 e. The molecule has 0 aliphatic heterocycles. The molecule has 0 aromatic heterocycles. The third-order valence-corrected chi connectivity index (χ3v) is 4.81. The van der Waals surface area contributed by atoms with Crippen molar-refractivity contribution >= 4 is 57.1 Å². The third kappa shape index (κ3) is 8.92. The number of carboxylic acids is 2. The van der Waals surface area contributed by atoms with E-state index in [1.54, 1.807) is 0 Å². The first kappa shape index (κ1) is 22.8. The quantitative estimate of drug-likeness (QED) is 0.388. The molecular formula is C18H20I2N2O4. The van der Waals surface area contributed by atoms with Crippen molar-refractivity contribution in [3.05, 3.63) is 66.8 Å². The van der Waals surface area contributed by atoms with Crippen LogP contribution >= 0.6 is 45.2 Å². The minimum Gasteiger partial charge on any atom is -0.480 e. The molecule has 0 bridgehead atoms. The molecule has 2 rings (SSSR count). The highest BCUT2D eigenvalue weighted by molar-refractivity contribution is 14.1. The highest BCUT2D eigenvalue weighted by Crippen LogP contribution is 2.09. The summed E-state index contributed by atoms with van der Waals surface area (Å²) in [5.74, 6) is -1.92. The number of halogens is 2. The average Bonchev–Trinajstić information content (AvgIpc) is 2.59. The van der Waals surface area contributed by atoms with Crippen LogP contribution in [0.15, 0.2) is 48.5 Å². The lowest BCUT2D eigenvalue weighted by Crippen LogP contribution is -2.32. The Kier molecular flexibility index (Phi) is 10.1. The summed E-state index contributed by atoms with van der Waals surface area (Å²) in [7, 11) is 0. The topological polar surface area (TPSA) is 127 Å². The number of benzene rings is 2. The van der Waals surface area contributed by atoms with Gasteiger partial charge in [0.05, 0.1) is 0 Å². The SMILES string of the molecule is N[C@H](Cc1ccc(I)cc1)C(=O)O.N[C@H](Cc1ccc(I)cc1)C(=O)O. The van der Waals surface area contributed by atoms with Gasteiger partial charge in [-0.2, -0.15) is 0 Å². The predicted octanol–water partition coefficient (Wildman–Crippen LogP) is 2.49. The van der Waals surface area contributed by atoms with Gasteiger partial charge in [-0.1, -0.05) is 24.3 Å². The predicted molar refractivity (Wildman–Crippen MR) is 117 cm³/mol. The molecule has 0 fully saturated rings. The summed E-state index contributed by atoms with van der Waals surface area (Å²) < 4.78 is 2.26. The minimum atomic E-state index is -0.960. The summed E-state index contributed by atoms with van der Waals surface area (Å²) in [5.41, 5.74) is 12.7. The molecule has 0 amide bonds. The van der Waals surface area contributed by atoms with Crippen LogP contribution < -0.4 is 11.5 Å². The van der Waals surface area contributed by atoms with Crippen LogP contribution in [0.2, 0.25) is 0 Å². The van der Waals surface area contributed by atoms with Gasteiger partial charge in [-0.25, -0.2) is 0 Å². The fourth-order valence-corrected chi connectivity index (χ4v) is 2.64. The van der Waals surface area contributed by atoms with E-state index in [4.69, 9.17) is 21.7 Å². The van der Waals surface area contributed by atoms with Crippen LogP contribution in [0, 0.1) is 7.14 Å². The Hall–Kier alpha value is -1.24. The Morgan fingerprint density at radius 3 is 1.23 bits per heavy atom. The largest absolute Gasteiger partial charge is 0.480 e. The molecule has 0 aliphatic rings. The fraction of sp³-hybridized carbons (Fsp3) is 0.222. The van der Waals surface area contributed by atoms with Gasteiger partial charge in [0.15, 0.2) is 0 Å². The number of carbonyl (C=O) groups is 2. The highest BCUT2D eigenvalue weighted by Gasteiger charge is 2.12. The zero-order valence-electron chi connectivity index (χ0n) is 13.8. The molecular weight excluding hydrogens is 562 g/mol. The van der Waals surface area contributed by atoms with E-state index in [9.17, 15) is 9.59 Å². The Morgan fingerprint density at radius 2 is 1.00 bits per heavy atom. The molecule has 6 nitrogen and oxygen atoms in total. The van der Waals surface area contributed by atoms with E-state index in [0.29, 0.717) is 12.8 Å². The number of aliphatic carboxylic acids is 2. The van der Waals surface area contributed by atoms with Crippen molar-refractivity contribution in [2.24, 2.45) is 11.5 Å². The van der Waals surface area contributed by atoms with Gasteiger partial charge in [-0.3, -0.25) is 9.59 Å². The van der Waals surface area contributed by atoms with Gasteiger partial charge in [0.1, 0.15) is 12.1 Å². The maximum absolute atomic E-state index is 10.4. The summed E-state index contributed by atoms with van der Waals surface area (Å²) in [6.07, 6.45) is 0.762. The number of hydrogen-bond acceptors (Lipinski definition) is 4. The van der Waals surface area contributed by atoms with Gasteiger partial charge in [0, 0.05) is 7.14 Å². The van der Waals surface area contributed by atoms with Crippen molar-refractivity contribution in [3.8, 4) is 0 Å². The summed E-state index contributed by atoms with van der Waals surface area (Å²) in [6, 6.07) is 13.7. The summed E-state index contributed by atoms with van der Waals surface area (Å²) in [4.78, 5) is 20.9. The fourth-order valence-electron chi connectivity index (χ4n) is 1.92. The molecule has 8 heteroatoms. The third-order valence-electron chi connectivity index (χ3n) is 3.37.